The van der Waals surface area contributed by atoms with Crippen molar-refractivity contribution in [2.24, 2.45) is 0 Å². The first-order valence-electron chi connectivity index (χ1n) is 1.62. The summed E-state index contributed by atoms with van der Waals surface area (Å²) >= 11 is 5.38. The van der Waals surface area contributed by atoms with Gasteiger partial charge in [0, 0.05) is 5.50 Å². The lowest BCUT2D eigenvalue weighted by molar-refractivity contribution is 1.85. The van der Waals surface area contributed by atoms with Crippen LogP contribution >= 0.6 is 24.0 Å². The Morgan fingerprint density at radius 2 is 1.67 bits per heavy atom. The molecule has 3 heteroatoms. The highest BCUT2D eigenvalue weighted by Crippen LogP contribution is 1.80. The van der Waals surface area contributed by atoms with Crippen LogP contribution in [0.3, 0.4) is 0 Å². The minimum atomic E-state index is -0.109. The zero-order valence-electron chi connectivity index (χ0n) is 3.99. The highest BCUT2D eigenvalue weighted by molar-refractivity contribution is 6.64. The molecule has 0 aliphatic carbocycles. The van der Waals surface area contributed by atoms with E-state index in [1.165, 1.54) is 0 Å². The van der Waals surface area contributed by atoms with Gasteiger partial charge in [-0.2, -0.15) is 0 Å². The fourth-order valence-electron chi connectivity index (χ4n) is 0. The Hall–Kier alpha value is 0.797. The summed E-state index contributed by atoms with van der Waals surface area (Å²) in [6, 6.07) is 0. The molecule has 1 radical (unpaired) electrons. The molecule has 0 nitrogen and oxygen atoms in total. The summed E-state index contributed by atoms with van der Waals surface area (Å²) in [5, 5.41) is 0. The van der Waals surface area contributed by atoms with Crippen LogP contribution in [0.1, 0.15) is 0 Å². The summed E-state index contributed by atoms with van der Waals surface area (Å²) in [5.74, 6) is 0. The van der Waals surface area contributed by atoms with Crippen LogP contribution < -0.4 is 0 Å². The molecule has 0 aromatic heterocycles. The van der Waals surface area contributed by atoms with Gasteiger partial charge in [0.05, 0.1) is 8.80 Å². The van der Waals surface area contributed by atoms with Crippen LogP contribution in [0.5, 0.6) is 0 Å². The molecular weight excluding hydrogens is 135 g/mol. The Labute approximate surface area is 51.9 Å². The molecule has 39 valence electrons. The van der Waals surface area contributed by atoms with Gasteiger partial charge >= 0.3 is 0 Å². The Morgan fingerprint density at radius 3 is 1.67 bits per heavy atom. The van der Waals surface area contributed by atoms with E-state index in [0.717, 1.165) is 5.50 Å². The van der Waals surface area contributed by atoms with E-state index in [1.807, 2.05) is 0 Å². The lowest BCUT2D eigenvalue weighted by Crippen LogP contribution is -1.99. The number of alkyl halides is 1. The van der Waals surface area contributed by atoms with Crippen molar-refractivity contribution in [3.8, 4) is 0 Å². The third kappa shape index (κ3) is 8.84. The molecule has 0 spiro atoms. The molecule has 0 N–H and O–H groups in total. The van der Waals surface area contributed by atoms with E-state index in [9.17, 15) is 0 Å². The van der Waals surface area contributed by atoms with Crippen LogP contribution in [-0.4, -0.2) is 14.3 Å². The van der Waals surface area contributed by atoms with Gasteiger partial charge in [0.25, 0.3) is 0 Å². The third-order valence-electron chi connectivity index (χ3n) is 0.267. The predicted molar refractivity (Wildman–Crippen MR) is 35.4 cm³/mol. The molecule has 0 bridgehead atoms. The van der Waals surface area contributed by atoms with Crippen molar-refractivity contribution in [3.63, 3.8) is 0 Å². The molecule has 0 unspecified atom stereocenters. The monoisotopic (exact) mass is 143 g/mol. The van der Waals surface area contributed by atoms with Gasteiger partial charge in [-0.25, -0.2) is 0 Å². The second-order valence-corrected chi connectivity index (χ2v) is 4.82. The van der Waals surface area contributed by atoms with Crippen molar-refractivity contribution in [1.29, 1.82) is 0 Å². The molecule has 0 aromatic rings. The van der Waals surface area contributed by atoms with Gasteiger partial charge < -0.3 is 0 Å². The molecule has 0 aliphatic heterocycles. The zero-order valence-corrected chi connectivity index (χ0v) is 6.57. The first kappa shape index (κ1) is 9.93. The summed E-state index contributed by atoms with van der Waals surface area (Å²) in [4.78, 5) is 0. The molecule has 0 rings (SSSR count). The third-order valence-corrected chi connectivity index (χ3v) is 2.41. The lowest BCUT2D eigenvalue weighted by atomic mass is 11.8. The van der Waals surface area contributed by atoms with E-state index in [1.54, 1.807) is 0 Å². The molecule has 0 fully saturated rings. The van der Waals surface area contributed by atoms with Crippen molar-refractivity contribution < 1.29 is 0 Å². The summed E-state index contributed by atoms with van der Waals surface area (Å²) in [7, 11) is -0.109. The highest BCUT2D eigenvalue weighted by atomic mass is 35.5. The van der Waals surface area contributed by atoms with Crippen molar-refractivity contribution in [2.75, 3.05) is 5.50 Å². The van der Waals surface area contributed by atoms with Crippen LogP contribution in [0.15, 0.2) is 0 Å². The van der Waals surface area contributed by atoms with E-state index in [2.05, 4.69) is 13.1 Å². The maximum Gasteiger partial charge on any atom is 0.0594 e. The molecule has 0 aromatic carbocycles. The molecular formula is C3H9Cl2Si. The lowest BCUT2D eigenvalue weighted by Gasteiger charge is -1.85. The van der Waals surface area contributed by atoms with Crippen LogP contribution in [0.2, 0.25) is 13.1 Å². The maximum absolute atomic E-state index is 5.38. The molecule has 0 amide bonds. The Kier molecular flexibility index (Phi) is 9.59. The summed E-state index contributed by atoms with van der Waals surface area (Å²) in [6.07, 6.45) is 0. The number of hydrogen-bond acceptors (Lipinski definition) is 0. The fourth-order valence-corrected chi connectivity index (χ4v) is 0. The highest BCUT2D eigenvalue weighted by Gasteiger charge is 1.85. The molecule has 0 aliphatic rings. The topological polar surface area (TPSA) is 0 Å². The van der Waals surface area contributed by atoms with Gasteiger partial charge in [0.1, 0.15) is 0 Å². The number of rotatable bonds is 1. The molecule has 0 saturated heterocycles. The summed E-state index contributed by atoms with van der Waals surface area (Å²) in [5.41, 5.74) is 0.880. The smallest absolute Gasteiger partial charge is 0.0594 e. The van der Waals surface area contributed by atoms with Crippen molar-refractivity contribution in [1.82, 2.24) is 0 Å². The van der Waals surface area contributed by atoms with Crippen molar-refractivity contribution in [3.05, 3.63) is 0 Å². The number of halogens is 2. The SMILES string of the molecule is C[Si](C)CCl.Cl. The molecule has 0 atom stereocenters. The van der Waals surface area contributed by atoms with Gasteiger partial charge in [-0.1, -0.05) is 13.1 Å². The second-order valence-electron chi connectivity index (χ2n) is 1.34. The summed E-state index contributed by atoms with van der Waals surface area (Å²) in [6.45, 7) is 4.38. The Bertz CT molecular complexity index is 22.8. The molecule has 0 heterocycles. The average molecular weight is 144 g/mol. The van der Waals surface area contributed by atoms with Crippen LogP contribution in [0.4, 0.5) is 0 Å². The normalized spacial score (nSPS) is 8.00. The van der Waals surface area contributed by atoms with Crippen LogP contribution in [0, 0.1) is 0 Å². The Morgan fingerprint density at radius 1 is 1.50 bits per heavy atom. The maximum atomic E-state index is 5.38. The van der Waals surface area contributed by atoms with Gasteiger partial charge in [-0.15, -0.1) is 24.0 Å². The minimum absolute atomic E-state index is 0. The predicted octanol–water partition coefficient (Wildman–Crippen LogP) is 1.94. The van der Waals surface area contributed by atoms with E-state index in [-0.39, 0.29) is 21.2 Å². The van der Waals surface area contributed by atoms with E-state index >= 15 is 0 Å². The van der Waals surface area contributed by atoms with Crippen LogP contribution in [0.25, 0.3) is 0 Å². The van der Waals surface area contributed by atoms with E-state index in [4.69, 9.17) is 11.6 Å². The number of hydrogen-bond donors (Lipinski definition) is 0. The summed E-state index contributed by atoms with van der Waals surface area (Å²) < 4.78 is 0. The van der Waals surface area contributed by atoms with Gasteiger partial charge in [0.15, 0.2) is 0 Å². The zero-order chi connectivity index (χ0) is 4.28. The minimum Gasteiger partial charge on any atom is -0.147 e. The average Bonchev–Trinajstić information content (AvgIpc) is 1.38. The van der Waals surface area contributed by atoms with Gasteiger partial charge in [0.2, 0.25) is 0 Å². The van der Waals surface area contributed by atoms with E-state index in [0.29, 0.717) is 0 Å². The fraction of sp³-hybridized carbons (Fsp3) is 1.00. The Balaban J connectivity index is 0. The van der Waals surface area contributed by atoms with Gasteiger partial charge in [-0.05, 0) is 0 Å². The van der Waals surface area contributed by atoms with Crippen LogP contribution in [-0.2, 0) is 0 Å². The quantitative estimate of drug-likeness (QED) is 0.389. The van der Waals surface area contributed by atoms with Crippen molar-refractivity contribution >= 4 is 32.8 Å². The van der Waals surface area contributed by atoms with Crippen molar-refractivity contribution in [2.45, 2.75) is 13.1 Å². The first-order chi connectivity index (χ1) is 2.27. The molecule has 6 heavy (non-hydrogen) atoms. The first-order valence-corrected chi connectivity index (χ1v) is 4.86. The molecule has 0 saturated carbocycles. The van der Waals surface area contributed by atoms with Gasteiger partial charge in [-0.3, -0.25) is 0 Å². The second kappa shape index (κ2) is 5.80. The largest absolute Gasteiger partial charge is 0.147 e. The standard InChI is InChI=1S/C3H8ClSi.ClH/c1-5(2)3-4;/h3H2,1-2H3;1H. The van der Waals surface area contributed by atoms with E-state index < -0.39 is 0 Å².